The lowest BCUT2D eigenvalue weighted by molar-refractivity contribution is 0.102. The summed E-state index contributed by atoms with van der Waals surface area (Å²) in [4.78, 5) is 20.6. The molecule has 25 heavy (non-hydrogen) atoms. The number of hydrogen-bond acceptors (Lipinski definition) is 4. The van der Waals surface area contributed by atoms with E-state index in [0.29, 0.717) is 22.2 Å². The van der Waals surface area contributed by atoms with Crippen molar-refractivity contribution in [1.82, 2.24) is 9.97 Å². The number of aromatic nitrogens is 2. The molecule has 1 aliphatic rings. The Bertz CT molecular complexity index is 741. The summed E-state index contributed by atoms with van der Waals surface area (Å²) >= 11 is 5.83. The maximum absolute atomic E-state index is 12.2. The zero-order valence-electron chi connectivity index (χ0n) is 14.0. The Morgan fingerprint density at radius 2 is 1.88 bits per heavy atom. The Labute approximate surface area is 152 Å². The highest BCUT2D eigenvalue weighted by molar-refractivity contribution is 6.30. The van der Waals surface area contributed by atoms with Gasteiger partial charge in [0.25, 0.3) is 5.91 Å². The number of rotatable bonds is 6. The number of allylic oxidation sites excluding steroid dienone is 1. The minimum atomic E-state index is -0.249. The number of nitrogens with zero attached hydrogens (tertiary/aromatic N) is 2. The van der Waals surface area contributed by atoms with Crippen molar-refractivity contribution in [3.8, 4) is 0 Å². The molecule has 130 valence electrons. The largest absolute Gasteiger partial charge is 0.354 e. The molecular weight excluding hydrogens is 336 g/mol. The second-order valence-corrected chi connectivity index (χ2v) is 6.48. The van der Waals surface area contributed by atoms with Crippen molar-refractivity contribution in [2.24, 2.45) is 0 Å². The predicted octanol–water partition coefficient (Wildman–Crippen LogP) is 4.68. The average molecular weight is 357 g/mol. The molecule has 0 spiro atoms. The van der Waals surface area contributed by atoms with Crippen molar-refractivity contribution in [1.29, 1.82) is 0 Å². The van der Waals surface area contributed by atoms with E-state index in [4.69, 9.17) is 11.6 Å². The molecule has 2 aromatic rings. The first kappa shape index (κ1) is 17.4. The van der Waals surface area contributed by atoms with Crippen molar-refractivity contribution in [2.75, 3.05) is 17.2 Å². The first-order valence-electron chi connectivity index (χ1n) is 8.51. The van der Waals surface area contributed by atoms with E-state index in [0.717, 1.165) is 13.0 Å². The third kappa shape index (κ3) is 5.29. The number of hydrogen-bond donors (Lipinski definition) is 2. The van der Waals surface area contributed by atoms with Crippen molar-refractivity contribution in [3.05, 3.63) is 58.9 Å². The molecule has 2 N–H and O–H groups in total. The average Bonchev–Trinajstić information content (AvgIpc) is 2.65. The van der Waals surface area contributed by atoms with Crippen LogP contribution in [0.15, 0.2) is 48.3 Å². The van der Waals surface area contributed by atoms with Gasteiger partial charge in [0.15, 0.2) is 0 Å². The SMILES string of the molecule is O=C(Nc1ccc(Cl)cc1)c1cnc(NCCC2=CCCCC2)nc1. The molecule has 3 rings (SSSR count). The van der Waals surface area contributed by atoms with Crippen LogP contribution in [-0.2, 0) is 0 Å². The molecule has 6 heteroatoms. The van der Waals surface area contributed by atoms with Gasteiger partial charge in [-0.3, -0.25) is 4.79 Å². The Kier molecular flexibility index (Phi) is 6.01. The minimum Gasteiger partial charge on any atom is -0.354 e. The first-order valence-corrected chi connectivity index (χ1v) is 8.89. The quantitative estimate of drug-likeness (QED) is 0.737. The van der Waals surface area contributed by atoms with Crippen molar-refractivity contribution >= 4 is 29.1 Å². The molecule has 0 bridgehead atoms. The molecule has 0 unspecified atom stereocenters. The van der Waals surface area contributed by atoms with Crippen LogP contribution < -0.4 is 10.6 Å². The molecule has 0 saturated heterocycles. The number of carbonyl (C=O) groups is 1. The van der Waals surface area contributed by atoms with E-state index in [9.17, 15) is 4.79 Å². The fourth-order valence-corrected chi connectivity index (χ4v) is 2.87. The summed E-state index contributed by atoms with van der Waals surface area (Å²) in [5, 5.41) is 6.62. The van der Waals surface area contributed by atoms with E-state index in [1.807, 2.05) is 0 Å². The van der Waals surface area contributed by atoms with E-state index in [1.165, 1.54) is 43.7 Å². The number of amides is 1. The fraction of sp³-hybridized carbons (Fsp3) is 0.316. The molecule has 1 aromatic heterocycles. The van der Waals surface area contributed by atoms with E-state index in [2.05, 4.69) is 26.7 Å². The lowest BCUT2D eigenvalue weighted by atomic mass is 9.97. The summed E-state index contributed by atoms with van der Waals surface area (Å²) < 4.78 is 0. The van der Waals surface area contributed by atoms with Gasteiger partial charge < -0.3 is 10.6 Å². The van der Waals surface area contributed by atoms with Gasteiger partial charge in [-0.1, -0.05) is 23.3 Å². The number of nitrogens with one attached hydrogen (secondary N) is 2. The Morgan fingerprint density at radius 1 is 1.12 bits per heavy atom. The lowest BCUT2D eigenvalue weighted by Crippen LogP contribution is -2.13. The van der Waals surface area contributed by atoms with Crippen LogP contribution in [-0.4, -0.2) is 22.4 Å². The molecule has 0 saturated carbocycles. The standard InChI is InChI=1S/C19H21ClN4O/c20-16-6-8-17(9-7-16)24-18(25)15-12-22-19(23-13-15)21-11-10-14-4-2-1-3-5-14/h4,6-9,12-13H,1-3,5,10-11H2,(H,24,25)(H,21,22,23). The smallest absolute Gasteiger partial charge is 0.258 e. The first-order chi connectivity index (χ1) is 12.2. The van der Waals surface area contributed by atoms with Crippen LogP contribution in [0.3, 0.4) is 0 Å². The van der Waals surface area contributed by atoms with Gasteiger partial charge in [0.05, 0.1) is 5.56 Å². The van der Waals surface area contributed by atoms with Gasteiger partial charge in [0, 0.05) is 29.6 Å². The number of halogens is 1. The van der Waals surface area contributed by atoms with Crippen molar-refractivity contribution in [2.45, 2.75) is 32.1 Å². The third-order valence-corrected chi connectivity index (χ3v) is 4.38. The zero-order valence-corrected chi connectivity index (χ0v) is 14.7. The van der Waals surface area contributed by atoms with Crippen LogP contribution in [0.2, 0.25) is 5.02 Å². The summed E-state index contributed by atoms with van der Waals surface area (Å²) in [6.07, 6.45) is 11.4. The molecular formula is C19H21ClN4O. The van der Waals surface area contributed by atoms with Gasteiger partial charge in [-0.05, 0) is 56.4 Å². The molecule has 1 aliphatic carbocycles. The predicted molar refractivity (Wildman–Crippen MR) is 101 cm³/mol. The van der Waals surface area contributed by atoms with Gasteiger partial charge in [0.1, 0.15) is 0 Å². The molecule has 0 fully saturated rings. The van der Waals surface area contributed by atoms with E-state index >= 15 is 0 Å². The number of anilines is 2. The Hall–Kier alpha value is -2.40. The lowest BCUT2D eigenvalue weighted by Gasteiger charge is -2.12. The highest BCUT2D eigenvalue weighted by Gasteiger charge is 2.08. The summed E-state index contributed by atoms with van der Waals surface area (Å²) in [5.74, 6) is 0.292. The molecule has 0 aliphatic heterocycles. The van der Waals surface area contributed by atoms with Crippen LogP contribution in [0.5, 0.6) is 0 Å². The van der Waals surface area contributed by atoms with Gasteiger partial charge in [-0.2, -0.15) is 0 Å². The van der Waals surface area contributed by atoms with E-state index in [1.54, 1.807) is 24.3 Å². The second-order valence-electron chi connectivity index (χ2n) is 6.04. The maximum Gasteiger partial charge on any atom is 0.258 e. The Morgan fingerprint density at radius 3 is 2.56 bits per heavy atom. The highest BCUT2D eigenvalue weighted by atomic mass is 35.5. The molecule has 1 heterocycles. The highest BCUT2D eigenvalue weighted by Crippen LogP contribution is 2.20. The van der Waals surface area contributed by atoms with Gasteiger partial charge in [-0.15, -0.1) is 0 Å². The summed E-state index contributed by atoms with van der Waals surface area (Å²) in [7, 11) is 0. The number of carbonyl (C=O) groups excluding carboxylic acids is 1. The van der Waals surface area contributed by atoms with Crippen LogP contribution in [0, 0.1) is 0 Å². The monoisotopic (exact) mass is 356 g/mol. The molecule has 1 amide bonds. The van der Waals surface area contributed by atoms with Gasteiger partial charge >= 0.3 is 0 Å². The molecule has 0 radical (unpaired) electrons. The van der Waals surface area contributed by atoms with Crippen LogP contribution in [0.4, 0.5) is 11.6 Å². The third-order valence-electron chi connectivity index (χ3n) is 4.13. The zero-order chi connectivity index (χ0) is 17.5. The van der Waals surface area contributed by atoms with Crippen molar-refractivity contribution in [3.63, 3.8) is 0 Å². The van der Waals surface area contributed by atoms with Crippen LogP contribution in [0.1, 0.15) is 42.5 Å². The number of benzene rings is 1. The summed E-state index contributed by atoms with van der Waals surface area (Å²) in [6.45, 7) is 0.808. The topological polar surface area (TPSA) is 66.9 Å². The van der Waals surface area contributed by atoms with Crippen molar-refractivity contribution < 1.29 is 4.79 Å². The van der Waals surface area contributed by atoms with E-state index < -0.39 is 0 Å². The molecule has 0 atom stereocenters. The maximum atomic E-state index is 12.2. The molecule has 5 nitrogen and oxygen atoms in total. The fourth-order valence-electron chi connectivity index (χ4n) is 2.74. The van der Waals surface area contributed by atoms with Gasteiger partial charge in [-0.25, -0.2) is 9.97 Å². The van der Waals surface area contributed by atoms with Crippen LogP contribution >= 0.6 is 11.6 Å². The second kappa shape index (κ2) is 8.62. The van der Waals surface area contributed by atoms with E-state index in [-0.39, 0.29) is 5.91 Å². The van der Waals surface area contributed by atoms with Crippen LogP contribution in [0.25, 0.3) is 0 Å². The Balaban J connectivity index is 1.50. The summed E-state index contributed by atoms with van der Waals surface area (Å²) in [6, 6.07) is 6.94. The summed E-state index contributed by atoms with van der Waals surface area (Å²) in [5.41, 5.74) is 2.60. The minimum absolute atomic E-state index is 0.249. The normalized spacial score (nSPS) is 13.9. The molecule has 1 aromatic carbocycles. The van der Waals surface area contributed by atoms with Gasteiger partial charge in [0.2, 0.25) is 5.95 Å².